The molecule has 0 aromatic heterocycles. The summed E-state index contributed by atoms with van der Waals surface area (Å²) in [4.78, 5) is 0. The van der Waals surface area contributed by atoms with Crippen LogP contribution in [0.1, 0.15) is 46.0 Å². The number of unbranched alkanes of at least 4 members (excludes halogenated alkanes) is 3. The summed E-state index contributed by atoms with van der Waals surface area (Å²) in [6, 6.07) is 17.2. The van der Waals surface area contributed by atoms with Gasteiger partial charge in [0.2, 0.25) is 0 Å². The molecule has 2 heteroatoms. The Hall–Kier alpha value is -1.96. The Bertz CT molecular complexity index is 543. The molecule has 0 amide bonds. The first kappa shape index (κ1) is 16.4. The molecule has 118 valence electrons. The molecule has 0 radical (unpaired) electrons. The lowest BCUT2D eigenvalue weighted by atomic mass is 10.0. The molecule has 0 saturated carbocycles. The Morgan fingerprint density at radius 1 is 0.864 bits per heavy atom. The molecule has 0 fully saturated rings. The highest BCUT2D eigenvalue weighted by atomic mass is 14.9. The number of benzene rings is 2. The zero-order valence-electron chi connectivity index (χ0n) is 13.8. The van der Waals surface area contributed by atoms with E-state index in [2.05, 4.69) is 55.6 Å². The van der Waals surface area contributed by atoms with E-state index in [1.165, 1.54) is 48.9 Å². The lowest BCUT2D eigenvalue weighted by Gasteiger charge is -2.15. The standard InChI is InChI=1S/C20H28N2/c1-3-4-5-6-7-16(2)22-20-14-10-18(11-15-20)17-8-12-19(21)13-9-17/h8-16,22H,3-7,21H2,1-2H3. The number of anilines is 2. The molecule has 3 N–H and O–H groups in total. The number of nitrogens with one attached hydrogen (secondary N) is 1. The number of hydrogen-bond donors (Lipinski definition) is 2. The SMILES string of the molecule is CCCCCCC(C)Nc1ccc(-c2ccc(N)cc2)cc1. The average Bonchev–Trinajstić information content (AvgIpc) is 2.53. The van der Waals surface area contributed by atoms with Gasteiger partial charge in [-0.2, -0.15) is 0 Å². The number of nitrogens with two attached hydrogens (primary N) is 1. The van der Waals surface area contributed by atoms with Crippen LogP contribution in [-0.4, -0.2) is 6.04 Å². The van der Waals surface area contributed by atoms with Gasteiger partial charge in [0.25, 0.3) is 0 Å². The van der Waals surface area contributed by atoms with Gasteiger partial charge in [-0.05, 0) is 48.7 Å². The monoisotopic (exact) mass is 296 g/mol. The molecule has 0 heterocycles. The van der Waals surface area contributed by atoms with Crippen LogP contribution in [0.25, 0.3) is 11.1 Å². The lowest BCUT2D eigenvalue weighted by Crippen LogP contribution is -2.14. The minimum atomic E-state index is 0.527. The van der Waals surface area contributed by atoms with Crippen LogP contribution in [-0.2, 0) is 0 Å². The molecule has 1 atom stereocenters. The van der Waals surface area contributed by atoms with E-state index in [4.69, 9.17) is 5.73 Å². The zero-order valence-corrected chi connectivity index (χ0v) is 13.8. The molecule has 22 heavy (non-hydrogen) atoms. The molecule has 1 unspecified atom stereocenters. The summed E-state index contributed by atoms with van der Waals surface area (Å²) in [5, 5.41) is 3.59. The van der Waals surface area contributed by atoms with Crippen LogP contribution in [0.5, 0.6) is 0 Å². The maximum Gasteiger partial charge on any atom is 0.0342 e. The van der Waals surface area contributed by atoms with Gasteiger partial charge in [-0.15, -0.1) is 0 Å². The van der Waals surface area contributed by atoms with Crippen LogP contribution in [0.4, 0.5) is 11.4 Å². The maximum absolute atomic E-state index is 5.73. The van der Waals surface area contributed by atoms with Crippen molar-refractivity contribution in [2.24, 2.45) is 0 Å². The third kappa shape index (κ3) is 5.10. The third-order valence-electron chi connectivity index (χ3n) is 4.03. The summed E-state index contributed by atoms with van der Waals surface area (Å²) in [6.07, 6.45) is 6.54. The molecule has 0 bridgehead atoms. The molecule has 0 aliphatic rings. The van der Waals surface area contributed by atoms with Crippen molar-refractivity contribution in [1.29, 1.82) is 0 Å². The number of nitrogen functional groups attached to an aromatic ring is 1. The summed E-state index contributed by atoms with van der Waals surface area (Å²) in [5.41, 5.74) is 10.2. The van der Waals surface area contributed by atoms with Crippen molar-refractivity contribution in [2.75, 3.05) is 11.1 Å². The van der Waals surface area contributed by atoms with E-state index in [9.17, 15) is 0 Å². The second kappa shape index (κ2) is 8.47. The Kier molecular flexibility index (Phi) is 6.32. The summed E-state index contributed by atoms with van der Waals surface area (Å²) in [5.74, 6) is 0. The molecule has 2 aromatic rings. The van der Waals surface area contributed by atoms with Gasteiger partial charge in [0.15, 0.2) is 0 Å². The lowest BCUT2D eigenvalue weighted by molar-refractivity contribution is 0.594. The molecule has 0 aliphatic heterocycles. The predicted molar refractivity (Wildman–Crippen MR) is 98.1 cm³/mol. The van der Waals surface area contributed by atoms with Gasteiger partial charge in [-0.3, -0.25) is 0 Å². The van der Waals surface area contributed by atoms with Crippen LogP contribution in [0, 0.1) is 0 Å². The molecular formula is C20H28N2. The van der Waals surface area contributed by atoms with E-state index in [-0.39, 0.29) is 0 Å². The van der Waals surface area contributed by atoms with E-state index in [1.807, 2.05) is 12.1 Å². The predicted octanol–water partition coefficient (Wildman–Crippen LogP) is 5.71. The van der Waals surface area contributed by atoms with Gasteiger partial charge < -0.3 is 11.1 Å². The first-order chi connectivity index (χ1) is 10.7. The van der Waals surface area contributed by atoms with Gasteiger partial charge in [-0.1, -0.05) is 56.9 Å². The fraction of sp³-hybridized carbons (Fsp3) is 0.400. The molecule has 0 saturated heterocycles. The zero-order chi connectivity index (χ0) is 15.8. The molecule has 2 aromatic carbocycles. The largest absolute Gasteiger partial charge is 0.399 e. The Balaban J connectivity index is 1.87. The van der Waals surface area contributed by atoms with E-state index >= 15 is 0 Å². The highest BCUT2D eigenvalue weighted by Gasteiger charge is 2.03. The van der Waals surface area contributed by atoms with Crippen LogP contribution in [0.15, 0.2) is 48.5 Å². The van der Waals surface area contributed by atoms with Crippen molar-refractivity contribution in [2.45, 2.75) is 52.0 Å². The van der Waals surface area contributed by atoms with E-state index in [0.29, 0.717) is 6.04 Å². The summed E-state index contributed by atoms with van der Waals surface area (Å²) >= 11 is 0. The second-order valence-electron chi connectivity index (χ2n) is 6.09. The summed E-state index contributed by atoms with van der Waals surface area (Å²) in [7, 11) is 0. The van der Waals surface area contributed by atoms with Crippen molar-refractivity contribution in [3.05, 3.63) is 48.5 Å². The first-order valence-corrected chi connectivity index (χ1v) is 8.41. The average molecular weight is 296 g/mol. The van der Waals surface area contributed by atoms with Crippen LogP contribution in [0.3, 0.4) is 0 Å². The Morgan fingerprint density at radius 2 is 1.45 bits per heavy atom. The Morgan fingerprint density at radius 3 is 2.05 bits per heavy atom. The van der Waals surface area contributed by atoms with Gasteiger partial charge in [0.05, 0.1) is 0 Å². The number of rotatable bonds is 8. The molecule has 2 rings (SSSR count). The maximum atomic E-state index is 5.73. The van der Waals surface area contributed by atoms with Gasteiger partial charge in [0.1, 0.15) is 0 Å². The summed E-state index contributed by atoms with van der Waals surface area (Å²) < 4.78 is 0. The minimum absolute atomic E-state index is 0.527. The van der Waals surface area contributed by atoms with E-state index in [0.717, 1.165) is 5.69 Å². The van der Waals surface area contributed by atoms with Gasteiger partial charge >= 0.3 is 0 Å². The highest BCUT2D eigenvalue weighted by Crippen LogP contribution is 2.23. The topological polar surface area (TPSA) is 38.0 Å². The van der Waals surface area contributed by atoms with Crippen molar-refractivity contribution in [3.63, 3.8) is 0 Å². The summed E-state index contributed by atoms with van der Waals surface area (Å²) in [6.45, 7) is 4.52. The fourth-order valence-electron chi connectivity index (χ4n) is 2.67. The molecule has 0 spiro atoms. The van der Waals surface area contributed by atoms with Gasteiger partial charge in [-0.25, -0.2) is 0 Å². The van der Waals surface area contributed by atoms with Crippen molar-refractivity contribution in [3.8, 4) is 11.1 Å². The second-order valence-corrected chi connectivity index (χ2v) is 6.09. The van der Waals surface area contributed by atoms with Crippen LogP contribution < -0.4 is 11.1 Å². The van der Waals surface area contributed by atoms with E-state index in [1.54, 1.807) is 0 Å². The fourth-order valence-corrected chi connectivity index (χ4v) is 2.67. The quantitative estimate of drug-likeness (QED) is 0.484. The number of hydrogen-bond acceptors (Lipinski definition) is 2. The van der Waals surface area contributed by atoms with Crippen LogP contribution in [0.2, 0.25) is 0 Å². The molecule has 0 aliphatic carbocycles. The Labute approximate surface area is 134 Å². The van der Waals surface area contributed by atoms with E-state index < -0.39 is 0 Å². The highest BCUT2D eigenvalue weighted by molar-refractivity contribution is 5.67. The minimum Gasteiger partial charge on any atom is -0.399 e. The van der Waals surface area contributed by atoms with Crippen molar-refractivity contribution < 1.29 is 0 Å². The van der Waals surface area contributed by atoms with Crippen molar-refractivity contribution in [1.82, 2.24) is 0 Å². The molecule has 2 nitrogen and oxygen atoms in total. The van der Waals surface area contributed by atoms with Crippen LogP contribution >= 0.6 is 0 Å². The first-order valence-electron chi connectivity index (χ1n) is 8.41. The third-order valence-corrected chi connectivity index (χ3v) is 4.03. The normalized spacial score (nSPS) is 12.1. The van der Waals surface area contributed by atoms with Gasteiger partial charge in [0, 0.05) is 17.4 Å². The van der Waals surface area contributed by atoms with Crippen molar-refractivity contribution >= 4 is 11.4 Å². The molecular weight excluding hydrogens is 268 g/mol. The smallest absolute Gasteiger partial charge is 0.0342 e.